The van der Waals surface area contributed by atoms with E-state index in [1.807, 2.05) is 12.1 Å². The number of sulfonamides is 1. The quantitative estimate of drug-likeness (QED) is 0.479. The van der Waals surface area contributed by atoms with Crippen molar-refractivity contribution in [1.29, 1.82) is 0 Å². The lowest BCUT2D eigenvalue weighted by Crippen LogP contribution is -2.51. The van der Waals surface area contributed by atoms with Gasteiger partial charge in [-0.3, -0.25) is 4.79 Å². The third-order valence-corrected chi connectivity index (χ3v) is 6.28. The van der Waals surface area contributed by atoms with Crippen LogP contribution in [0, 0.1) is 0 Å². The molecule has 2 N–H and O–H groups in total. The number of carbonyl (C=O) groups excluding carboxylic acids is 1. The molecule has 1 saturated heterocycles. The third-order valence-electron chi connectivity index (χ3n) is 4.69. The second-order valence-corrected chi connectivity index (χ2v) is 8.58. The Balaban J connectivity index is 2.08. The van der Waals surface area contributed by atoms with E-state index in [1.165, 1.54) is 6.42 Å². The Kier molecular flexibility index (Phi) is 7.61. The summed E-state index contributed by atoms with van der Waals surface area (Å²) in [5.74, 6) is -0.384. The van der Waals surface area contributed by atoms with E-state index in [4.69, 9.17) is 4.74 Å². The van der Waals surface area contributed by atoms with Gasteiger partial charge in [-0.25, -0.2) is 13.1 Å². The minimum Gasteiger partial charge on any atom is -0.466 e. The summed E-state index contributed by atoms with van der Waals surface area (Å²) in [4.78, 5) is 12.1. The van der Waals surface area contributed by atoms with Crippen molar-refractivity contribution < 1.29 is 17.9 Å². The smallest absolute Gasteiger partial charge is 0.307 e. The van der Waals surface area contributed by atoms with Crippen LogP contribution in [0.25, 0.3) is 0 Å². The first-order chi connectivity index (χ1) is 12.4. The first kappa shape index (κ1) is 20.9. The van der Waals surface area contributed by atoms with Crippen molar-refractivity contribution >= 4 is 16.0 Å². The Morgan fingerprint density at radius 3 is 2.54 bits per heavy atom. The van der Waals surface area contributed by atoms with E-state index in [0.717, 1.165) is 24.8 Å². The summed E-state index contributed by atoms with van der Waals surface area (Å²) in [6.45, 7) is 5.27. The van der Waals surface area contributed by atoms with E-state index >= 15 is 0 Å². The van der Waals surface area contributed by atoms with E-state index in [1.54, 1.807) is 19.1 Å². The van der Waals surface area contributed by atoms with Crippen LogP contribution >= 0.6 is 0 Å². The van der Waals surface area contributed by atoms with Crippen LogP contribution in [0.3, 0.4) is 0 Å². The number of rotatable bonds is 10. The predicted octanol–water partition coefficient (Wildman–Crippen LogP) is 2.38. The summed E-state index contributed by atoms with van der Waals surface area (Å²) >= 11 is 0. The van der Waals surface area contributed by atoms with Gasteiger partial charge in [-0.05, 0) is 50.4 Å². The molecule has 1 atom stereocenters. The highest BCUT2D eigenvalue weighted by atomic mass is 32.2. The maximum atomic E-state index is 12.8. The molecule has 7 heteroatoms. The first-order valence-electron chi connectivity index (χ1n) is 9.40. The van der Waals surface area contributed by atoms with Gasteiger partial charge in [-0.2, -0.15) is 0 Å². The molecule has 1 heterocycles. The molecule has 6 nitrogen and oxygen atoms in total. The Hall–Kier alpha value is -1.44. The zero-order valence-corrected chi connectivity index (χ0v) is 16.5. The molecule has 0 spiro atoms. The molecule has 1 fully saturated rings. The highest BCUT2D eigenvalue weighted by Crippen LogP contribution is 2.24. The molecule has 146 valence electrons. The maximum Gasteiger partial charge on any atom is 0.307 e. The summed E-state index contributed by atoms with van der Waals surface area (Å²) < 4.78 is 33.4. The number of benzene rings is 1. The number of unbranched alkanes of at least 4 members (excludes halogenated alkanes) is 2. The van der Waals surface area contributed by atoms with E-state index in [-0.39, 0.29) is 23.9 Å². The molecule has 0 amide bonds. The second kappa shape index (κ2) is 9.48. The molecule has 0 aromatic heterocycles. The zero-order valence-electron chi connectivity index (χ0n) is 15.7. The van der Waals surface area contributed by atoms with E-state index in [2.05, 4.69) is 17.0 Å². The van der Waals surface area contributed by atoms with Crippen LogP contribution < -0.4 is 10.0 Å². The Labute approximate surface area is 156 Å². The number of aryl methyl sites for hydroxylation is 1. The molecule has 26 heavy (non-hydrogen) atoms. The van der Waals surface area contributed by atoms with Gasteiger partial charge in [-0.15, -0.1) is 0 Å². The molecule has 0 saturated carbocycles. The minimum absolute atomic E-state index is 0.0299. The predicted molar refractivity (Wildman–Crippen MR) is 101 cm³/mol. The van der Waals surface area contributed by atoms with Crippen LogP contribution in [-0.4, -0.2) is 39.6 Å². The largest absolute Gasteiger partial charge is 0.466 e. The molecule has 2 rings (SSSR count). The van der Waals surface area contributed by atoms with Crippen molar-refractivity contribution in [3.8, 4) is 0 Å². The van der Waals surface area contributed by atoms with Crippen molar-refractivity contribution in [3.05, 3.63) is 29.8 Å². The highest BCUT2D eigenvalue weighted by molar-refractivity contribution is 7.89. The van der Waals surface area contributed by atoms with Gasteiger partial charge in [0, 0.05) is 6.54 Å². The standard InChI is InChI=1S/C19H30N2O4S/c1-3-5-6-7-16-8-10-17(11-9-16)26(23,24)21-19(12-13-20-15-19)14-18(22)25-4-2/h8-11,20-21H,3-7,12-15H2,1-2H3. The van der Waals surface area contributed by atoms with Gasteiger partial charge in [0.2, 0.25) is 10.0 Å². The summed E-state index contributed by atoms with van der Waals surface area (Å²) in [5.41, 5.74) is 0.311. The van der Waals surface area contributed by atoms with Gasteiger partial charge in [0.1, 0.15) is 0 Å². The van der Waals surface area contributed by atoms with Crippen LogP contribution in [-0.2, 0) is 26.0 Å². The van der Waals surface area contributed by atoms with E-state index in [9.17, 15) is 13.2 Å². The van der Waals surface area contributed by atoms with Gasteiger partial charge in [0.25, 0.3) is 0 Å². The number of ether oxygens (including phenoxy) is 1. The van der Waals surface area contributed by atoms with Crippen molar-refractivity contribution in [2.45, 2.75) is 62.8 Å². The first-order valence-corrected chi connectivity index (χ1v) is 10.9. The van der Waals surface area contributed by atoms with Crippen molar-refractivity contribution in [1.82, 2.24) is 10.0 Å². The molecule has 1 unspecified atom stereocenters. The van der Waals surface area contributed by atoms with Gasteiger partial charge in [0.05, 0.1) is 23.5 Å². The average Bonchev–Trinajstić information content (AvgIpc) is 3.03. The van der Waals surface area contributed by atoms with Crippen LogP contribution in [0.5, 0.6) is 0 Å². The topological polar surface area (TPSA) is 84.5 Å². The van der Waals surface area contributed by atoms with Gasteiger partial charge < -0.3 is 10.1 Å². The zero-order chi connectivity index (χ0) is 19.0. The average molecular weight is 383 g/mol. The Morgan fingerprint density at radius 1 is 1.23 bits per heavy atom. The van der Waals surface area contributed by atoms with E-state index < -0.39 is 15.6 Å². The molecule has 1 aliphatic heterocycles. The number of carbonyl (C=O) groups is 1. The van der Waals surface area contributed by atoms with Crippen LogP contribution in [0.15, 0.2) is 29.2 Å². The summed E-state index contributed by atoms with van der Waals surface area (Å²) in [6.07, 6.45) is 4.98. The van der Waals surface area contributed by atoms with Gasteiger partial charge >= 0.3 is 5.97 Å². The van der Waals surface area contributed by atoms with Gasteiger partial charge in [0.15, 0.2) is 0 Å². The molecular formula is C19H30N2O4S. The van der Waals surface area contributed by atoms with Crippen LogP contribution in [0.4, 0.5) is 0 Å². The normalized spacial score (nSPS) is 20.2. The number of hydrogen-bond donors (Lipinski definition) is 2. The van der Waals surface area contributed by atoms with Crippen molar-refractivity contribution in [3.63, 3.8) is 0 Å². The lowest BCUT2D eigenvalue weighted by Gasteiger charge is -2.28. The highest BCUT2D eigenvalue weighted by Gasteiger charge is 2.40. The van der Waals surface area contributed by atoms with Crippen molar-refractivity contribution in [2.24, 2.45) is 0 Å². The van der Waals surface area contributed by atoms with Crippen LogP contribution in [0.1, 0.15) is 51.5 Å². The maximum absolute atomic E-state index is 12.8. The molecule has 1 aliphatic rings. The summed E-state index contributed by atoms with van der Waals surface area (Å²) in [7, 11) is -3.70. The molecular weight excluding hydrogens is 352 g/mol. The monoisotopic (exact) mass is 382 g/mol. The Bertz CT molecular complexity index is 680. The summed E-state index contributed by atoms with van der Waals surface area (Å²) in [6, 6.07) is 7.03. The number of nitrogens with one attached hydrogen (secondary N) is 2. The van der Waals surface area contributed by atoms with Crippen molar-refractivity contribution in [2.75, 3.05) is 19.7 Å². The summed E-state index contributed by atoms with van der Waals surface area (Å²) in [5, 5.41) is 3.14. The fraction of sp³-hybridized carbons (Fsp3) is 0.632. The Morgan fingerprint density at radius 2 is 1.96 bits per heavy atom. The minimum atomic E-state index is -3.70. The van der Waals surface area contributed by atoms with E-state index in [0.29, 0.717) is 19.5 Å². The lowest BCUT2D eigenvalue weighted by molar-refractivity contribution is -0.144. The van der Waals surface area contributed by atoms with Crippen LogP contribution in [0.2, 0.25) is 0 Å². The molecule has 1 aromatic carbocycles. The number of esters is 1. The fourth-order valence-corrected chi connectivity index (χ4v) is 4.69. The SMILES string of the molecule is CCCCCc1ccc(S(=O)(=O)NC2(CC(=O)OCC)CCNC2)cc1. The molecule has 0 bridgehead atoms. The van der Waals surface area contributed by atoms with Gasteiger partial charge in [-0.1, -0.05) is 31.9 Å². The fourth-order valence-electron chi connectivity index (χ4n) is 3.26. The lowest BCUT2D eigenvalue weighted by atomic mass is 9.96. The molecule has 0 radical (unpaired) electrons. The third kappa shape index (κ3) is 5.79. The second-order valence-electron chi connectivity index (χ2n) is 6.90. The number of hydrogen-bond acceptors (Lipinski definition) is 5. The molecule has 1 aromatic rings. The molecule has 0 aliphatic carbocycles.